The van der Waals surface area contributed by atoms with Crippen molar-refractivity contribution in [3.8, 4) is 0 Å². The van der Waals surface area contributed by atoms with E-state index in [0.29, 0.717) is 57.3 Å². The van der Waals surface area contributed by atoms with Gasteiger partial charge in [0.1, 0.15) is 11.6 Å². The van der Waals surface area contributed by atoms with Crippen LogP contribution in [0.1, 0.15) is 18.2 Å². The lowest BCUT2D eigenvalue weighted by Crippen LogP contribution is -2.49. The van der Waals surface area contributed by atoms with Crippen LogP contribution in [-0.2, 0) is 11.2 Å². The highest BCUT2D eigenvalue weighted by atomic mass is 19.1. The number of benzene rings is 1. The van der Waals surface area contributed by atoms with Crippen molar-refractivity contribution < 1.29 is 13.9 Å². The van der Waals surface area contributed by atoms with E-state index in [1.165, 1.54) is 6.07 Å². The van der Waals surface area contributed by atoms with Gasteiger partial charge >= 0.3 is 6.09 Å². The molecule has 28 heavy (non-hydrogen) atoms. The molecule has 1 aromatic carbocycles. The van der Waals surface area contributed by atoms with E-state index in [0.717, 1.165) is 11.5 Å². The monoisotopic (exact) mass is 387 g/mol. The van der Waals surface area contributed by atoms with Crippen molar-refractivity contribution in [1.82, 2.24) is 14.9 Å². The molecule has 0 spiro atoms. The summed E-state index contributed by atoms with van der Waals surface area (Å²) in [5.41, 5.74) is 1.52. The minimum atomic E-state index is -0.267. The van der Waals surface area contributed by atoms with E-state index in [9.17, 15) is 9.18 Å². The Morgan fingerprint density at radius 3 is 2.68 bits per heavy atom. The molecule has 0 radical (unpaired) electrons. The lowest BCUT2D eigenvalue weighted by Gasteiger charge is -2.34. The molecule has 1 amide bonds. The van der Waals surface area contributed by atoms with E-state index in [4.69, 9.17) is 4.74 Å². The molecule has 1 saturated heterocycles. The molecular formula is C20H26FN5O2. The number of ether oxygens (including phenoxy) is 1. The quantitative estimate of drug-likeness (QED) is 0.822. The summed E-state index contributed by atoms with van der Waals surface area (Å²) in [6, 6.07) is 8.69. The second-order valence-electron chi connectivity index (χ2n) is 6.63. The first-order chi connectivity index (χ1) is 13.6. The first-order valence-corrected chi connectivity index (χ1v) is 9.56. The van der Waals surface area contributed by atoms with E-state index >= 15 is 0 Å². The van der Waals surface area contributed by atoms with E-state index < -0.39 is 0 Å². The highest BCUT2D eigenvalue weighted by Gasteiger charge is 2.23. The van der Waals surface area contributed by atoms with Crippen LogP contribution in [0.25, 0.3) is 0 Å². The fourth-order valence-electron chi connectivity index (χ4n) is 3.14. The van der Waals surface area contributed by atoms with Gasteiger partial charge in [-0.2, -0.15) is 4.98 Å². The third kappa shape index (κ3) is 5.09. The largest absolute Gasteiger partial charge is 0.450 e. The molecular weight excluding hydrogens is 361 g/mol. The van der Waals surface area contributed by atoms with Gasteiger partial charge in [0.05, 0.1) is 6.61 Å². The Balaban J connectivity index is 1.58. The Kier molecular flexibility index (Phi) is 6.62. The van der Waals surface area contributed by atoms with E-state index in [2.05, 4.69) is 20.2 Å². The number of aryl methyl sites for hydroxylation is 1. The molecule has 1 N–H and O–H groups in total. The Labute approximate surface area is 164 Å². The summed E-state index contributed by atoms with van der Waals surface area (Å²) in [7, 11) is 0. The maximum Gasteiger partial charge on any atom is 0.409 e. The lowest BCUT2D eigenvalue weighted by atomic mass is 10.1. The standard InChI is InChI=1S/C20H26FN5O2/c1-3-28-20(27)26-12-10-25(11-13-26)18-14-15(2)23-19(24-18)22-9-8-16-6-4-5-7-17(16)21/h4-7,14H,3,8-13H2,1-2H3,(H,22,23,24). The minimum Gasteiger partial charge on any atom is -0.450 e. The van der Waals surface area contributed by atoms with Crippen LogP contribution in [0.5, 0.6) is 0 Å². The van der Waals surface area contributed by atoms with Crippen molar-refractivity contribution >= 4 is 17.9 Å². The maximum atomic E-state index is 13.7. The van der Waals surface area contributed by atoms with E-state index in [1.807, 2.05) is 19.1 Å². The molecule has 1 aromatic heterocycles. The minimum absolute atomic E-state index is 0.199. The molecule has 8 heteroatoms. The number of carbonyl (C=O) groups is 1. The number of rotatable bonds is 6. The molecule has 7 nitrogen and oxygen atoms in total. The molecule has 2 heterocycles. The van der Waals surface area contributed by atoms with Gasteiger partial charge in [-0.15, -0.1) is 0 Å². The van der Waals surface area contributed by atoms with Crippen LogP contribution in [0.3, 0.4) is 0 Å². The van der Waals surface area contributed by atoms with E-state index in [1.54, 1.807) is 24.0 Å². The molecule has 0 unspecified atom stereocenters. The van der Waals surface area contributed by atoms with Crippen molar-refractivity contribution in [1.29, 1.82) is 0 Å². The maximum absolute atomic E-state index is 13.7. The molecule has 1 fully saturated rings. The summed E-state index contributed by atoms with van der Waals surface area (Å²) in [5, 5.41) is 3.18. The molecule has 150 valence electrons. The fraction of sp³-hybridized carbons (Fsp3) is 0.450. The average Bonchev–Trinajstić information content (AvgIpc) is 2.69. The Hall–Kier alpha value is -2.90. The molecule has 1 aliphatic heterocycles. The summed E-state index contributed by atoms with van der Waals surface area (Å²) < 4.78 is 18.8. The summed E-state index contributed by atoms with van der Waals surface area (Å²) in [6.45, 7) is 7.21. The predicted octanol–water partition coefficient (Wildman–Crippen LogP) is 2.86. The van der Waals surface area contributed by atoms with Crippen LogP contribution >= 0.6 is 0 Å². The topological polar surface area (TPSA) is 70.6 Å². The number of piperazine rings is 1. The van der Waals surface area contributed by atoms with Crippen LogP contribution in [0.2, 0.25) is 0 Å². The average molecular weight is 387 g/mol. The predicted molar refractivity (Wildman–Crippen MR) is 106 cm³/mol. The second kappa shape index (κ2) is 9.34. The van der Waals surface area contributed by atoms with Crippen LogP contribution in [0.15, 0.2) is 30.3 Å². The van der Waals surface area contributed by atoms with Gasteiger partial charge in [-0.1, -0.05) is 18.2 Å². The fourth-order valence-corrected chi connectivity index (χ4v) is 3.14. The molecule has 1 aliphatic rings. The first kappa shape index (κ1) is 19.9. The number of nitrogens with one attached hydrogen (secondary N) is 1. The van der Waals surface area contributed by atoms with Crippen molar-refractivity contribution in [2.45, 2.75) is 20.3 Å². The summed E-state index contributed by atoms with van der Waals surface area (Å²) in [5.74, 6) is 1.15. The van der Waals surface area contributed by atoms with Gasteiger partial charge in [-0.05, 0) is 31.9 Å². The van der Waals surface area contributed by atoms with Gasteiger partial charge < -0.3 is 19.9 Å². The zero-order valence-corrected chi connectivity index (χ0v) is 16.3. The summed E-state index contributed by atoms with van der Waals surface area (Å²) in [6.07, 6.45) is 0.286. The smallest absolute Gasteiger partial charge is 0.409 e. The molecule has 2 aromatic rings. The van der Waals surface area contributed by atoms with Gasteiger partial charge in [0, 0.05) is 44.5 Å². The highest BCUT2D eigenvalue weighted by Crippen LogP contribution is 2.17. The molecule has 0 saturated carbocycles. The van der Waals surface area contributed by atoms with Crippen LogP contribution in [-0.4, -0.2) is 60.3 Å². The van der Waals surface area contributed by atoms with E-state index in [-0.39, 0.29) is 11.9 Å². The molecule has 3 rings (SSSR count). The number of carbonyl (C=O) groups excluding carboxylic acids is 1. The Morgan fingerprint density at radius 1 is 1.21 bits per heavy atom. The number of aromatic nitrogens is 2. The number of hydrogen-bond donors (Lipinski definition) is 1. The lowest BCUT2D eigenvalue weighted by molar-refractivity contribution is 0.105. The number of anilines is 2. The van der Waals surface area contributed by atoms with Crippen molar-refractivity contribution in [3.05, 3.63) is 47.4 Å². The van der Waals surface area contributed by atoms with Gasteiger partial charge in [0.2, 0.25) is 5.95 Å². The van der Waals surface area contributed by atoms with Crippen LogP contribution < -0.4 is 10.2 Å². The molecule has 0 atom stereocenters. The normalized spacial score (nSPS) is 14.1. The van der Waals surface area contributed by atoms with Gasteiger partial charge in [-0.25, -0.2) is 14.2 Å². The number of nitrogens with zero attached hydrogens (tertiary/aromatic N) is 4. The number of hydrogen-bond acceptors (Lipinski definition) is 6. The third-order valence-corrected chi connectivity index (χ3v) is 4.61. The summed E-state index contributed by atoms with van der Waals surface area (Å²) in [4.78, 5) is 24.7. The molecule has 0 aliphatic carbocycles. The first-order valence-electron chi connectivity index (χ1n) is 9.56. The Morgan fingerprint density at radius 2 is 1.96 bits per heavy atom. The number of amides is 1. The summed E-state index contributed by atoms with van der Waals surface area (Å²) >= 11 is 0. The van der Waals surface area contributed by atoms with Crippen LogP contribution in [0.4, 0.5) is 21.0 Å². The highest BCUT2D eigenvalue weighted by molar-refractivity contribution is 5.68. The third-order valence-electron chi connectivity index (χ3n) is 4.61. The van der Waals surface area contributed by atoms with Crippen LogP contribution in [0, 0.1) is 12.7 Å². The van der Waals surface area contributed by atoms with Crippen molar-refractivity contribution in [3.63, 3.8) is 0 Å². The van der Waals surface area contributed by atoms with Gasteiger partial charge in [-0.3, -0.25) is 0 Å². The Bertz CT molecular complexity index is 809. The number of halogens is 1. The van der Waals surface area contributed by atoms with Crippen molar-refractivity contribution in [2.75, 3.05) is 49.5 Å². The second-order valence-corrected chi connectivity index (χ2v) is 6.63. The van der Waals surface area contributed by atoms with Crippen molar-refractivity contribution in [2.24, 2.45) is 0 Å². The van der Waals surface area contributed by atoms with Gasteiger partial charge in [0.25, 0.3) is 0 Å². The zero-order valence-electron chi connectivity index (χ0n) is 16.3. The SMILES string of the molecule is CCOC(=O)N1CCN(c2cc(C)nc(NCCc3ccccc3F)n2)CC1. The zero-order chi connectivity index (χ0) is 19.9. The van der Waals surface area contributed by atoms with Gasteiger partial charge in [0.15, 0.2) is 0 Å². The molecule has 0 bridgehead atoms.